The summed E-state index contributed by atoms with van der Waals surface area (Å²) >= 11 is 0. The fraction of sp³-hybridized carbons (Fsp3) is 0.821. The summed E-state index contributed by atoms with van der Waals surface area (Å²) in [7, 11) is 0. The summed E-state index contributed by atoms with van der Waals surface area (Å²) in [5.41, 5.74) is -4.00. The summed E-state index contributed by atoms with van der Waals surface area (Å²) in [6, 6.07) is 0. The lowest BCUT2D eigenvalue weighted by molar-refractivity contribution is -0.179. The highest BCUT2D eigenvalue weighted by atomic mass is 16.6. The van der Waals surface area contributed by atoms with Crippen LogP contribution in [0.15, 0.2) is 0 Å². The third-order valence-corrected chi connectivity index (χ3v) is 8.69. The number of hydrogen-bond donors (Lipinski definition) is 0. The Kier molecular flexibility index (Phi) is 8.44. The minimum Gasteiger partial charge on any atom is -0.463 e. The zero-order chi connectivity index (χ0) is 27.6. The molecule has 2 aliphatic heterocycles. The number of cyclic esters (lactones) is 1. The number of ether oxygens (including phenoxy) is 3. The lowest BCUT2D eigenvalue weighted by atomic mass is 9.64. The van der Waals surface area contributed by atoms with Crippen LogP contribution in [-0.2, 0) is 38.2 Å². The van der Waals surface area contributed by atoms with E-state index >= 15 is 0 Å². The molecule has 9 nitrogen and oxygen atoms in total. The van der Waals surface area contributed by atoms with Crippen molar-refractivity contribution in [1.82, 2.24) is 4.90 Å². The molecule has 208 valence electrons. The second kappa shape index (κ2) is 10.7. The summed E-state index contributed by atoms with van der Waals surface area (Å²) < 4.78 is 16.7. The predicted molar refractivity (Wildman–Crippen MR) is 134 cm³/mol. The Morgan fingerprint density at radius 2 is 1.68 bits per heavy atom. The highest BCUT2D eigenvalue weighted by molar-refractivity contribution is 6.06. The van der Waals surface area contributed by atoms with Crippen molar-refractivity contribution in [3.63, 3.8) is 0 Å². The molecule has 37 heavy (non-hydrogen) atoms. The van der Waals surface area contributed by atoms with Gasteiger partial charge in [-0.15, -0.1) is 0 Å². The molecule has 0 radical (unpaired) electrons. The van der Waals surface area contributed by atoms with Crippen LogP contribution in [0, 0.1) is 16.2 Å². The fourth-order valence-corrected chi connectivity index (χ4v) is 6.46. The van der Waals surface area contributed by atoms with E-state index in [-0.39, 0.29) is 50.6 Å². The molecule has 9 heteroatoms. The molecule has 0 spiro atoms. The Morgan fingerprint density at radius 1 is 1.03 bits per heavy atom. The number of carbonyl (C=O) groups excluding carboxylic acids is 5. The van der Waals surface area contributed by atoms with E-state index in [1.54, 1.807) is 27.7 Å². The van der Waals surface area contributed by atoms with Gasteiger partial charge in [-0.25, -0.2) is 4.79 Å². The SMILES string of the molecule is CCN1C(=O)CC(CC)(CC(C)(CC(C)(C)C(=O)OC2(CC)CCCC2)C(=O)OC2CCOC2=O)C1=O. The van der Waals surface area contributed by atoms with Crippen LogP contribution in [0.1, 0.15) is 106 Å². The normalized spacial score (nSPS) is 27.2. The monoisotopic (exact) mass is 521 g/mol. The molecule has 3 unspecified atom stereocenters. The van der Waals surface area contributed by atoms with Crippen LogP contribution in [0.3, 0.4) is 0 Å². The van der Waals surface area contributed by atoms with E-state index in [1.807, 2.05) is 13.8 Å². The van der Waals surface area contributed by atoms with Gasteiger partial charge in [-0.2, -0.15) is 0 Å². The van der Waals surface area contributed by atoms with Crippen molar-refractivity contribution < 1.29 is 38.2 Å². The van der Waals surface area contributed by atoms with Crippen LogP contribution >= 0.6 is 0 Å². The van der Waals surface area contributed by atoms with Crippen molar-refractivity contribution >= 4 is 29.7 Å². The average Bonchev–Trinajstić information content (AvgIpc) is 3.52. The van der Waals surface area contributed by atoms with Crippen LogP contribution in [0.2, 0.25) is 0 Å². The van der Waals surface area contributed by atoms with E-state index in [1.165, 1.54) is 4.90 Å². The first kappa shape index (κ1) is 29.1. The molecule has 2 amide bonds. The predicted octanol–water partition coefficient (Wildman–Crippen LogP) is 4.10. The van der Waals surface area contributed by atoms with E-state index in [0.29, 0.717) is 6.42 Å². The molecule has 3 fully saturated rings. The lowest BCUT2D eigenvalue weighted by Crippen LogP contribution is -2.47. The summed E-state index contributed by atoms with van der Waals surface area (Å²) in [5, 5.41) is 0. The molecule has 0 aromatic rings. The van der Waals surface area contributed by atoms with E-state index < -0.39 is 45.9 Å². The molecule has 2 heterocycles. The van der Waals surface area contributed by atoms with Crippen molar-refractivity contribution in [2.45, 2.75) is 117 Å². The third-order valence-electron chi connectivity index (χ3n) is 8.69. The highest BCUT2D eigenvalue weighted by Crippen LogP contribution is 2.50. The summed E-state index contributed by atoms with van der Waals surface area (Å²) in [4.78, 5) is 66.6. The quantitative estimate of drug-likeness (QED) is 0.227. The first-order chi connectivity index (χ1) is 17.3. The number of likely N-dealkylation sites (tertiary alicyclic amines) is 1. The number of carbonyl (C=O) groups is 5. The Morgan fingerprint density at radius 3 is 2.16 bits per heavy atom. The number of imide groups is 1. The van der Waals surface area contributed by atoms with Gasteiger partial charge in [0.1, 0.15) is 5.60 Å². The molecule has 0 aromatic heterocycles. The molecule has 3 atom stereocenters. The second-order valence-corrected chi connectivity index (χ2v) is 12.0. The second-order valence-electron chi connectivity index (χ2n) is 12.0. The van der Waals surface area contributed by atoms with Crippen LogP contribution in [-0.4, -0.2) is 59.5 Å². The zero-order valence-corrected chi connectivity index (χ0v) is 23.3. The molecule has 0 N–H and O–H groups in total. The van der Waals surface area contributed by atoms with E-state index in [0.717, 1.165) is 32.1 Å². The molecule has 2 saturated heterocycles. The molecule has 3 aliphatic rings. The van der Waals surface area contributed by atoms with Crippen molar-refractivity contribution in [3.05, 3.63) is 0 Å². The highest BCUT2D eigenvalue weighted by Gasteiger charge is 2.57. The minimum atomic E-state index is -1.34. The summed E-state index contributed by atoms with van der Waals surface area (Å²) in [5.74, 6) is -2.25. The van der Waals surface area contributed by atoms with E-state index in [2.05, 4.69) is 0 Å². The number of esters is 3. The Bertz CT molecular complexity index is 936. The van der Waals surface area contributed by atoms with Crippen LogP contribution in [0.5, 0.6) is 0 Å². The van der Waals surface area contributed by atoms with Gasteiger partial charge in [0.05, 0.1) is 22.9 Å². The van der Waals surface area contributed by atoms with Crippen molar-refractivity contribution in [1.29, 1.82) is 0 Å². The van der Waals surface area contributed by atoms with E-state index in [4.69, 9.17) is 14.2 Å². The fourth-order valence-electron chi connectivity index (χ4n) is 6.46. The zero-order valence-electron chi connectivity index (χ0n) is 23.3. The van der Waals surface area contributed by atoms with Crippen molar-refractivity contribution in [2.75, 3.05) is 13.2 Å². The van der Waals surface area contributed by atoms with E-state index in [9.17, 15) is 24.0 Å². The number of nitrogens with zero attached hydrogens (tertiary/aromatic N) is 1. The molecule has 1 aliphatic carbocycles. The van der Waals surface area contributed by atoms with Crippen LogP contribution < -0.4 is 0 Å². The van der Waals surface area contributed by atoms with Gasteiger partial charge in [-0.05, 0) is 79.1 Å². The molecule has 1 saturated carbocycles. The number of amides is 2. The van der Waals surface area contributed by atoms with Gasteiger partial charge >= 0.3 is 17.9 Å². The molecule has 0 aromatic carbocycles. The molecule has 0 bridgehead atoms. The van der Waals surface area contributed by atoms with Crippen LogP contribution in [0.4, 0.5) is 0 Å². The molecular weight excluding hydrogens is 478 g/mol. The van der Waals surface area contributed by atoms with Crippen molar-refractivity contribution in [2.24, 2.45) is 16.2 Å². The minimum absolute atomic E-state index is 0.00562. The average molecular weight is 522 g/mol. The first-order valence-corrected chi connectivity index (χ1v) is 13.7. The lowest BCUT2D eigenvalue weighted by Gasteiger charge is -2.41. The standard InChI is InChI=1S/C28H43NO8/c1-7-27(16-20(30)29(9-3)22(27)32)18-26(6,24(34)36-19-12-15-35-21(19)31)17-25(4,5)23(33)37-28(8-2)13-10-11-14-28/h19H,7-18H2,1-6H3. The third kappa shape index (κ3) is 5.70. The first-order valence-electron chi connectivity index (χ1n) is 13.7. The smallest absolute Gasteiger partial charge is 0.347 e. The van der Waals surface area contributed by atoms with Crippen LogP contribution in [0.25, 0.3) is 0 Å². The van der Waals surface area contributed by atoms with Gasteiger partial charge in [0.25, 0.3) is 0 Å². The van der Waals surface area contributed by atoms with Gasteiger partial charge < -0.3 is 14.2 Å². The topological polar surface area (TPSA) is 116 Å². The number of hydrogen-bond acceptors (Lipinski definition) is 8. The maximum absolute atomic E-state index is 13.7. The van der Waals surface area contributed by atoms with Crippen molar-refractivity contribution in [3.8, 4) is 0 Å². The van der Waals surface area contributed by atoms with Gasteiger partial charge in [0, 0.05) is 19.4 Å². The molecular formula is C28H43NO8. The van der Waals surface area contributed by atoms with Gasteiger partial charge in [-0.1, -0.05) is 13.8 Å². The Hall–Kier alpha value is -2.45. The van der Waals surface area contributed by atoms with Gasteiger partial charge in [0.2, 0.25) is 17.9 Å². The number of rotatable bonds is 11. The largest absolute Gasteiger partial charge is 0.463 e. The van der Waals surface area contributed by atoms with Gasteiger partial charge in [0.15, 0.2) is 0 Å². The van der Waals surface area contributed by atoms with Gasteiger partial charge in [-0.3, -0.25) is 24.1 Å². The molecule has 3 rings (SSSR count). The summed E-state index contributed by atoms with van der Waals surface area (Å²) in [6.07, 6.45) is 4.01. The maximum atomic E-state index is 13.7. The Labute approximate surface area is 219 Å². The maximum Gasteiger partial charge on any atom is 0.347 e. The summed E-state index contributed by atoms with van der Waals surface area (Å²) in [6.45, 7) is 11.2. The Balaban J connectivity index is 1.92.